The van der Waals surface area contributed by atoms with Crippen molar-refractivity contribution in [1.29, 1.82) is 0 Å². The Morgan fingerprint density at radius 2 is 1.62 bits per heavy atom. The summed E-state index contributed by atoms with van der Waals surface area (Å²) < 4.78 is 6.12. The molecule has 5 rings (SSSR count). The zero-order chi connectivity index (χ0) is 27.2. The van der Waals surface area contributed by atoms with E-state index in [0.717, 1.165) is 28.8 Å². The molecule has 4 aromatic rings. The van der Waals surface area contributed by atoms with Crippen LogP contribution in [0.4, 0.5) is 5.69 Å². The topological polar surface area (TPSA) is 41.9 Å². The molecule has 7 heteroatoms. The minimum Gasteiger partial charge on any atom is -0.488 e. The molecule has 0 bridgehead atoms. The summed E-state index contributed by atoms with van der Waals surface area (Å²) in [5.41, 5.74) is 4.86. The summed E-state index contributed by atoms with van der Waals surface area (Å²) in [6.45, 7) is 2.90. The normalized spacial score (nSPS) is 15.4. The van der Waals surface area contributed by atoms with Gasteiger partial charge < -0.3 is 4.74 Å². The van der Waals surface area contributed by atoms with E-state index in [1.165, 1.54) is 17.3 Å². The van der Waals surface area contributed by atoms with E-state index in [1.807, 2.05) is 85.8 Å². The molecule has 4 aromatic carbocycles. The van der Waals surface area contributed by atoms with Crippen LogP contribution >= 0.6 is 35.0 Å². The third-order valence-corrected chi connectivity index (χ3v) is 7.94. The molecule has 1 heterocycles. The minimum atomic E-state index is -0.0684. The summed E-state index contributed by atoms with van der Waals surface area (Å²) in [7, 11) is 0. The number of rotatable bonds is 8. The average molecular weight is 574 g/mol. The standard InChI is InChI=1S/C32H26Cl2N2O2S/c1-22-11-14-26(15-12-22)35-32-36(18-17-23-7-3-2-4-8-23)31(37)30(39-32)20-25-9-5-6-10-29(25)38-21-24-13-16-27(33)28(34)19-24/h2-16,19-20H,17-18,21H2,1H3/b30-20+,35-32?. The Balaban J connectivity index is 1.40. The number of hydrogen-bond donors (Lipinski definition) is 0. The molecule has 39 heavy (non-hydrogen) atoms. The third kappa shape index (κ3) is 6.93. The number of hydrogen-bond acceptors (Lipinski definition) is 4. The predicted molar refractivity (Wildman–Crippen MR) is 163 cm³/mol. The van der Waals surface area contributed by atoms with Crippen LogP contribution in [0.15, 0.2) is 107 Å². The van der Waals surface area contributed by atoms with Gasteiger partial charge in [-0.3, -0.25) is 9.69 Å². The Bertz CT molecular complexity index is 1540. The molecule has 1 fully saturated rings. The number of nitrogens with zero attached hydrogens (tertiary/aromatic N) is 2. The van der Waals surface area contributed by atoms with Crippen molar-refractivity contribution in [3.8, 4) is 5.75 Å². The Morgan fingerprint density at radius 3 is 2.38 bits per heavy atom. The van der Waals surface area contributed by atoms with Gasteiger partial charge in [0.2, 0.25) is 0 Å². The van der Waals surface area contributed by atoms with Crippen LogP contribution in [-0.4, -0.2) is 22.5 Å². The molecule has 1 aliphatic heterocycles. The van der Waals surface area contributed by atoms with Gasteiger partial charge in [0.1, 0.15) is 12.4 Å². The lowest BCUT2D eigenvalue weighted by Gasteiger charge is -2.15. The summed E-state index contributed by atoms with van der Waals surface area (Å²) in [5.74, 6) is 0.602. The van der Waals surface area contributed by atoms with Crippen LogP contribution in [-0.2, 0) is 17.8 Å². The quantitative estimate of drug-likeness (QED) is 0.198. The molecule has 1 aliphatic rings. The Kier molecular flexibility index (Phi) is 8.72. The van der Waals surface area contributed by atoms with E-state index in [9.17, 15) is 4.79 Å². The molecule has 0 aromatic heterocycles. The first kappa shape index (κ1) is 27.1. The van der Waals surface area contributed by atoms with Gasteiger partial charge in [-0.1, -0.05) is 95.5 Å². The second kappa shape index (κ2) is 12.6. The molecule has 0 radical (unpaired) electrons. The van der Waals surface area contributed by atoms with E-state index in [-0.39, 0.29) is 5.91 Å². The van der Waals surface area contributed by atoms with E-state index < -0.39 is 0 Å². The number of aryl methyl sites for hydroxylation is 1. The van der Waals surface area contributed by atoms with E-state index in [0.29, 0.717) is 39.0 Å². The smallest absolute Gasteiger partial charge is 0.266 e. The Labute approximate surface area is 242 Å². The lowest BCUT2D eigenvalue weighted by Crippen LogP contribution is -2.31. The second-order valence-corrected chi connectivity index (χ2v) is 10.9. The van der Waals surface area contributed by atoms with Gasteiger partial charge in [0.25, 0.3) is 5.91 Å². The number of benzene rings is 4. The number of carbonyl (C=O) groups excluding carboxylic acids is 1. The number of amides is 1. The van der Waals surface area contributed by atoms with E-state index >= 15 is 0 Å². The summed E-state index contributed by atoms with van der Waals surface area (Å²) >= 11 is 13.6. The highest BCUT2D eigenvalue weighted by molar-refractivity contribution is 8.18. The lowest BCUT2D eigenvalue weighted by atomic mass is 10.1. The van der Waals surface area contributed by atoms with Gasteiger partial charge >= 0.3 is 0 Å². The number of carbonyl (C=O) groups is 1. The van der Waals surface area contributed by atoms with Gasteiger partial charge in [-0.2, -0.15) is 0 Å². The number of para-hydroxylation sites is 1. The highest BCUT2D eigenvalue weighted by Gasteiger charge is 2.33. The van der Waals surface area contributed by atoms with Crippen molar-refractivity contribution < 1.29 is 9.53 Å². The molecule has 0 N–H and O–H groups in total. The first-order chi connectivity index (χ1) is 19.0. The van der Waals surface area contributed by atoms with Crippen molar-refractivity contribution in [1.82, 2.24) is 4.90 Å². The summed E-state index contributed by atoms with van der Waals surface area (Å²) in [6, 6.07) is 31.2. The maximum Gasteiger partial charge on any atom is 0.266 e. The first-order valence-corrected chi connectivity index (χ1v) is 14.1. The minimum absolute atomic E-state index is 0.0684. The van der Waals surface area contributed by atoms with Crippen molar-refractivity contribution in [3.05, 3.63) is 134 Å². The monoisotopic (exact) mass is 572 g/mol. The lowest BCUT2D eigenvalue weighted by molar-refractivity contribution is -0.122. The van der Waals surface area contributed by atoms with Gasteiger partial charge in [-0.05, 0) is 72.6 Å². The summed E-state index contributed by atoms with van der Waals surface area (Å²) in [5, 5.41) is 1.65. The van der Waals surface area contributed by atoms with E-state index in [1.54, 1.807) is 17.0 Å². The molecule has 196 valence electrons. The van der Waals surface area contributed by atoms with Gasteiger partial charge in [0.05, 0.1) is 20.6 Å². The van der Waals surface area contributed by atoms with Crippen LogP contribution in [0.1, 0.15) is 22.3 Å². The van der Waals surface area contributed by atoms with Gasteiger partial charge in [0.15, 0.2) is 5.17 Å². The van der Waals surface area contributed by atoms with Gasteiger partial charge in [0, 0.05) is 12.1 Å². The van der Waals surface area contributed by atoms with Crippen LogP contribution in [0.3, 0.4) is 0 Å². The third-order valence-electron chi connectivity index (χ3n) is 6.20. The maximum atomic E-state index is 13.6. The number of thioether (sulfide) groups is 1. The molecule has 0 saturated carbocycles. The molecular formula is C32H26Cl2N2O2S. The van der Waals surface area contributed by atoms with Crippen LogP contribution < -0.4 is 4.74 Å². The van der Waals surface area contributed by atoms with Crippen molar-refractivity contribution in [2.75, 3.05) is 6.54 Å². The summed E-state index contributed by atoms with van der Waals surface area (Å²) in [4.78, 5) is 20.8. The molecule has 0 spiro atoms. The van der Waals surface area contributed by atoms with Gasteiger partial charge in [-0.25, -0.2) is 4.99 Å². The van der Waals surface area contributed by atoms with E-state index in [2.05, 4.69) is 12.1 Å². The average Bonchev–Trinajstić information content (AvgIpc) is 3.24. The molecule has 4 nitrogen and oxygen atoms in total. The second-order valence-electron chi connectivity index (χ2n) is 9.11. The fourth-order valence-corrected chi connectivity index (χ4v) is 5.40. The molecule has 1 amide bonds. The largest absolute Gasteiger partial charge is 0.488 e. The van der Waals surface area contributed by atoms with Crippen molar-refractivity contribution >= 4 is 57.8 Å². The van der Waals surface area contributed by atoms with Gasteiger partial charge in [-0.15, -0.1) is 0 Å². The zero-order valence-corrected chi connectivity index (χ0v) is 23.6. The maximum absolute atomic E-state index is 13.6. The predicted octanol–water partition coefficient (Wildman–Crippen LogP) is 8.73. The van der Waals surface area contributed by atoms with Crippen LogP contribution in [0.25, 0.3) is 6.08 Å². The summed E-state index contributed by atoms with van der Waals surface area (Å²) in [6.07, 6.45) is 2.61. The van der Waals surface area contributed by atoms with E-state index in [4.69, 9.17) is 32.9 Å². The highest BCUT2D eigenvalue weighted by atomic mass is 35.5. The number of ether oxygens (including phenoxy) is 1. The molecule has 0 unspecified atom stereocenters. The Hall–Kier alpha value is -3.51. The SMILES string of the molecule is Cc1ccc(N=C2S/C(=C/c3ccccc3OCc3ccc(Cl)c(Cl)c3)C(=O)N2CCc2ccccc2)cc1. The molecule has 0 aliphatic carbocycles. The molecule has 1 saturated heterocycles. The number of amidine groups is 1. The first-order valence-electron chi connectivity index (χ1n) is 12.5. The van der Waals surface area contributed by atoms with Crippen molar-refractivity contribution in [2.24, 2.45) is 4.99 Å². The number of halogens is 2. The fraction of sp³-hybridized carbons (Fsp3) is 0.125. The fourth-order valence-electron chi connectivity index (χ4n) is 4.07. The highest BCUT2D eigenvalue weighted by Crippen LogP contribution is 2.36. The van der Waals surface area contributed by atoms with Crippen molar-refractivity contribution in [3.63, 3.8) is 0 Å². The van der Waals surface area contributed by atoms with Crippen LogP contribution in [0, 0.1) is 6.92 Å². The van der Waals surface area contributed by atoms with Crippen molar-refractivity contribution in [2.45, 2.75) is 20.0 Å². The Morgan fingerprint density at radius 1 is 0.872 bits per heavy atom. The number of aliphatic imine (C=N–C) groups is 1. The zero-order valence-electron chi connectivity index (χ0n) is 21.3. The molecule has 0 atom stereocenters. The molecular weight excluding hydrogens is 547 g/mol. The van der Waals surface area contributed by atoms with Crippen LogP contribution in [0.2, 0.25) is 10.0 Å². The van der Waals surface area contributed by atoms with Crippen LogP contribution in [0.5, 0.6) is 5.75 Å².